The van der Waals surface area contributed by atoms with Crippen molar-refractivity contribution in [2.45, 2.75) is 12.4 Å². The van der Waals surface area contributed by atoms with Crippen molar-refractivity contribution in [2.24, 2.45) is 0 Å². The Morgan fingerprint density at radius 2 is 1.71 bits per heavy atom. The van der Waals surface area contributed by atoms with Crippen molar-refractivity contribution >= 4 is 11.8 Å². The summed E-state index contributed by atoms with van der Waals surface area (Å²) in [5.74, 6) is 0.318. The van der Waals surface area contributed by atoms with Gasteiger partial charge in [0.25, 0.3) is 0 Å². The lowest BCUT2D eigenvalue weighted by molar-refractivity contribution is -0.137. The van der Waals surface area contributed by atoms with E-state index in [1.54, 1.807) is 10.2 Å². The molecule has 5 nitrogen and oxygen atoms in total. The average Bonchev–Trinajstić information content (AvgIpc) is 2.51. The number of amides is 2. The van der Waals surface area contributed by atoms with Crippen molar-refractivity contribution in [3.63, 3.8) is 0 Å². The minimum Gasteiger partial charge on any atom is -0.353 e. The molecule has 0 radical (unpaired) electrons. The van der Waals surface area contributed by atoms with Crippen molar-refractivity contribution in [1.82, 2.24) is 15.2 Å². The fourth-order valence-electron chi connectivity index (χ4n) is 2.17. The van der Waals surface area contributed by atoms with Gasteiger partial charge in [0.15, 0.2) is 0 Å². The van der Waals surface area contributed by atoms with Crippen LogP contribution in [0.3, 0.4) is 0 Å². The quantitative estimate of drug-likeness (QED) is 0.829. The van der Waals surface area contributed by atoms with Crippen LogP contribution in [0, 0.1) is 0 Å². The first kappa shape index (κ1) is 18.1. The molecule has 0 bridgehead atoms. The highest BCUT2D eigenvalue weighted by Crippen LogP contribution is 2.29. The van der Waals surface area contributed by atoms with E-state index in [2.05, 4.69) is 4.98 Å². The molecule has 1 aromatic heterocycles. The molecule has 1 aliphatic heterocycles. The first-order valence-corrected chi connectivity index (χ1v) is 6.94. The van der Waals surface area contributed by atoms with Crippen molar-refractivity contribution in [3.05, 3.63) is 23.9 Å². The van der Waals surface area contributed by atoms with Gasteiger partial charge in [0.2, 0.25) is 0 Å². The van der Waals surface area contributed by atoms with Crippen LogP contribution >= 0.6 is 0 Å². The molecule has 1 aromatic rings. The number of pyridine rings is 1. The van der Waals surface area contributed by atoms with Gasteiger partial charge in [-0.1, -0.05) is 0 Å². The van der Waals surface area contributed by atoms with Crippen LogP contribution in [-0.2, 0) is 6.18 Å². The van der Waals surface area contributed by atoms with Crippen molar-refractivity contribution in [2.75, 3.05) is 37.6 Å². The van der Waals surface area contributed by atoms with Gasteiger partial charge in [-0.15, -0.1) is 0 Å². The molecule has 134 valence electrons. The Bertz CT molecular complexity index is 563. The van der Waals surface area contributed by atoms with Crippen molar-refractivity contribution < 1.29 is 31.1 Å². The first-order chi connectivity index (χ1) is 11.1. The van der Waals surface area contributed by atoms with E-state index in [1.807, 2.05) is 0 Å². The van der Waals surface area contributed by atoms with Gasteiger partial charge in [-0.3, -0.25) is 0 Å². The Morgan fingerprint density at radius 1 is 1.08 bits per heavy atom. The van der Waals surface area contributed by atoms with Gasteiger partial charge in [-0.25, -0.2) is 9.78 Å². The standard InChI is InChI=1S/C13H14F6N4O/c14-12(15,16)8-21-11(24)23-5-3-22(4-6-23)10-2-1-9(7-20-10)13(17,18)19/h1-2,7H,3-6,8H2,(H,21,24). The number of piperazine rings is 1. The molecule has 1 saturated heterocycles. The number of carbonyl (C=O) groups excluding carboxylic acids is 1. The van der Waals surface area contributed by atoms with Gasteiger partial charge in [0, 0.05) is 32.4 Å². The summed E-state index contributed by atoms with van der Waals surface area (Å²) in [5.41, 5.74) is -0.864. The molecule has 0 saturated carbocycles. The Hall–Kier alpha value is -2.20. The molecule has 0 aromatic carbocycles. The van der Waals surface area contributed by atoms with E-state index in [9.17, 15) is 31.1 Å². The van der Waals surface area contributed by atoms with Gasteiger partial charge in [0.05, 0.1) is 5.56 Å². The van der Waals surface area contributed by atoms with Gasteiger partial charge in [-0.05, 0) is 12.1 Å². The molecule has 1 fully saturated rings. The summed E-state index contributed by atoms with van der Waals surface area (Å²) in [5, 5.41) is 1.77. The third-order valence-corrected chi connectivity index (χ3v) is 3.41. The number of nitrogens with zero attached hydrogens (tertiary/aromatic N) is 3. The Morgan fingerprint density at radius 3 is 2.17 bits per heavy atom. The summed E-state index contributed by atoms with van der Waals surface area (Å²) >= 11 is 0. The monoisotopic (exact) mass is 356 g/mol. The lowest BCUT2D eigenvalue weighted by atomic mass is 10.2. The first-order valence-electron chi connectivity index (χ1n) is 6.94. The second kappa shape index (κ2) is 6.73. The predicted molar refractivity (Wildman–Crippen MR) is 72.5 cm³/mol. The molecule has 0 unspecified atom stereocenters. The van der Waals surface area contributed by atoms with Crippen LogP contribution in [0.5, 0.6) is 0 Å². The second-order valence-corrected chi connectivity index (χ2v) is 5.15. The molecular weight excluding hydrogens is 342 g/mol. The number of alkyl halides is 6. The van der Waals surface area contributed by atoms with Gasteiger partial charge in [0.1, 0.15) is 12.4 Å². The van der Waals surface area contributed by atoms with Gasteiger partial charge >= 0.3 is 18.4 Å². The molecule has 0 aliphatic carbocycles. The smallest absolute Gasteiger partial charge is 0.353 e. The zero-order valence-corrected chi connectivity index (χ0v) is 12.3. The van der Waals surface area contributed by atoms with E-state index in [1.165, 1.54) is 11.0 Å². The normalized spacial score (nSPS) is 16.2. The van der Waals surface area contributed by atoms with Crippen molar-refractivity contribution in [1.29, 1.82) is 0 Å². The van der Waals surface area contributed by atoms with E-state index in [0.717, 1.165) is 12.3 Å². The number of rotatable bonds is 2. The Kier molecular flexibility index (Phi) is 5.09. The third kappa shape index (κ3) is 4.90. The lowest BCUT2D eigenvalue weighted by Crippen LogP contribution is -2.53. The van der Waals surface area contributed by atoms with Gasteiger partial charge < -0.3 is 15.1 Å². The van der Waals surface area contributed by atoms with E-state index in [4.69, 9.17) is 0 Å². The molecule has 2 heterocycles. The van der Waals surface area contributed by atoms with Crippen LogP contribution in [0.25, 0.3) is 0 Å². The maximum absolute atomic E-state index is 12.5. The summed E-state index contributed by atoms with van der Waals surface area (Å²) in [6.07, 6.45) is -8.24. The number of urea groups is 1. The molecule has 0 atom stereocenters. The van der Waals surface area contributed by atoms with Gasteiger partial charge in [-0.2, -0.15) is 26.3 Å². The number of anilines is 1. The number of aromatic nitrogens is 1. The maximum Gasteiger partial charge on any atom is 0.417 e. The lowest BCUT2D eigenvalue weighted by Gasteiger charge is -2.35. The number of hydrogen-bond donors (Lipinski definition) is 1. The summed E-state index contributed by atoms with van der Waals surface area (Å²) in [4.78, 5) is 18.2. The summed E-state index contributed by atoms with van der Waals surface area (Å²) in [6.45, 7) is -0.596. The summed E-state index contributed by atoms with van der Waals surface area (Å²) < 4.78 is 73.6. The molecule has 1 N–H and O–H groups in total. The zero-order chi connectivity index (χ0) is 18.0. The Labute approximate surface area is 133 Å². The van der Waals surface area contributed by atoms with E-state index in [-0.39, 0.29) is 26.2 Å². The molecule has 0 spiro atoms. The largest absolute Gasteiger partial charge is 0.417 e. The average molecular weight is 356 g/mol. The molecule has 2 amide bonds. The second-order valence-electron chi connectivity index (χ2n) is 5.15. The number of carbonyl (C=O) groups is 1. The molecule has 24 heavy (non-hydrogen) atoms. The third-order valence-electron chi connectivity index (χ3n) is 3.41. The maximum atomic E-state index is 12.5. The fourth-order valence-corrected chi connectivity index (χ4v) is 2.17. The van der Waals surface area contributed by atoms with E-state index < -0.39 is 30.5 Å². The molecule has 11 heteroatoms. The number of nitrogens with one attached hydrogen (secondary N) is 1. The van der Waals surface area contributed by atoms with Crippen LogP contribution in [0.4, 0.5) is 37.0 Å². The van der Waals surface area contributed by atoms with Crippen molar-refractivity contribution in [3.8, 4) is 0 Å². The van der Waals surface area contributed by atoms with Crippen LogP contribution < -0.4 is 10.2 Å². The fraction of sp³-hybridized carbons (Fsp3) is 0.538. The van der Waals surface area contributed by atoms with Crippen LogP contribution in [0.2, 0.25) is 0 Å². The molecule has 2 rings (SSSR count). The zero-order valence-electron chi connectivity index (χ0n) is 12.3. The highest BCUT2D eigenvalue weighted by molar-refractivity contribution is 5.74. The van der Waals surface area contributed by atoms with E-state index in [0.29, 0.717) is 5.82 Å². The Balaban J connectivity index is 1.87. The number of halogens is 6. The highest BCUT2D eigenvalue weighted by Gasteiger charge is 2.32. The number of hydrogen-bond acceptors (Lipinski definition) is 3. The van der Waals surface area contributed by atoms with Crippen LogP contribution in [-0.4, -0.2) is 54.8 Å². The summed E-state index contributed by atoms with van der Waals surface area (Å²) in [6, 6.07) is 1.31. The van der Waals surface area contributed by atoms with E-state index >= 15 is 0 Å². The van der Waals surface area contributed by atoms with Crippen LogP contribution in [0.1, 0.15) is 5.56 Å². The predicted octanol–water partition coefficient (Wildman–Crippen LogP) is 2.49. The summed E-state index contributed by atoms with van der Waals surface area (Å²) in [7, 11) is 0. The highest BCUT2D eigenvalue weighted by atomic mass is 19.4. The minimum absolute atomic E-state index is 0.145. The topological polar surface area (TPSA) is 48.5 Å². The molecular formula is C13H14F6N4O. The SMILES string of the molecule is O=C(NCC(F)(F)F)N1CCN(c2ccc(C(F)(F)F)cn2)CC1. The van der Waals surface area contributed by atoms with Crippen LogP contribution in [0.15, 0.2) is 18.3 Å². The molecule has 1 aliphatic rings. The minimum atomic E-state index is -4.48.